The fourth-order valence-electron chi connectivity index (χ4n) is 2.52. The highest BCUT2D eigenvalue weighted by atomic mass is 19.4. The molecule has 0 aliphatic rings. The molecule has 150 valence electrons. The second-order valence-corrected chi connectivity index (χ2v) is 6.28. The number of aryl methyl sites for hydroxylation is 2. The molecule has 0 aliphatic carbocycles. The van der Waals surface area contributed by atoms with E-state index in [-0.39, 0.29) is 0 Å². The van der Waals surface area contributed by atoms with Crippen LogP contribution in [0, 0.1) is 13.8 Å². The number of hydrogen-bond acceptors (Lipinski definition) is 4. The number of anilines is 1. The molecule has 0 fully saturated rings. The summed E-state index contributed by atoms with van der Waals surface area (Å²) < 4.78 is 49.2. The Labute approximate surface area is 160 Å². The molecular formula is C20H20F3NO4. The molecule has 0 radical (unpaired) electrons. The van der Waals surface area contributed by atoms with Crippen molar-refractivity contribution in [3.63, 3.8) is 0 Å². The van der Waals surface area contributed by atoms with Gasteiger partial charge in [-0.05, 0) is 56.2 Å². The molecule has 0 bridgehead atoms. The number of nitrogens with one attached hydrogen (secondary N) is 1. The molecule has 1 amide bonds. The zero-order valence-corrected chi connectivity index (χ0v) is 15.6. The highest BCUT2D eigenvalue weighted by Gasteiger charge is 2.34. The molecule has 2 rings (SSSR count). The molecule has 0 aromatic heterocycles. The second kappa shape index (κ2) is 8.77. The summed E-state index contributed by atoms with van der Waals surface area (Å²) in [5.41, 5.74) is 0.522. The monoisotopic (exact) mass is 395 g/mol. The van der Waals surface area contributed by atoms with Gasteiger partial charge in [0.05, 0.1) is 11.3 Å². The molecule has 1 atom stereocenters. The van der Waals surface area contributed by atoms with Crippen molar-refractivity contribution in [2.24, 2.45) is 0 Å². The van der Waals surface area contributed by atoms with Crippen LogP contribution >= 0.6 is 0 Å². The Hall–Kier alpha value is -3.03. The fraction of sp³-hybridized carbons (Fsp3) is 0.300. The van der Waals surface area contributed by atoms with Crippen LogP contribution in [-0.4, -0.2) is 24.6 Å². The normalized spacial score (nSPS) is 12.2. The Morgan fingerprint density at radius 1 is 1.07 bits per heavy atom. The fourth-order valence-corrected chi connectivity index (χ4v) is 2.52. The summed E-state index contributed by atoms with van der Waals surface area (Å²) in [5, 5.41) is 2.13. The number of hydrogen-bond donors (Lipinski definition) is 1. The van der Waals surface area contributed by atoms with Gasteiger partial charge in [0, 0.05) is 0 Å². The van der Waals surface area contributed by atoms with Crippen LogP contribution in [-0.2, 0) is 20.5 Å². The largest absolute Gasteiger partial charge is 0.482 e. The summed E-state index contributed by atoms with van der Waals surface area (Å²) in [6, 6.07) is 9.97. The third-order valence-electron chi connectivity index (χ3n) is 3.72. The first-order valence-electron chi connectivity index (χ1n) is 8.44. The molecule has 0 saturated heterocycles. The average molecular weight is 395 g/mol. The van der Waals surface area contributed by atoms with E-state index in [4.69, 9.17) is 9.47 Å². The van der Waals surface area contributed by atoms with Crippen molar-refractivity contribution in [3.05, 3.63) is 59.2 Å². The third kappa shape index (κ3) is 6.00. The van der Waals surface area contributed by atoms with Crippen LogP contribution in [0.3, 0.4) is 0 Å². The first-order valence-corrected chi connectivity index (χ1v) is 8.44. The van der Waals surface area contributed by atoms with E-state index < -0.39 is 42.0 Å². The van der Waals surface area contributed by atoms with Crippen LogP contribution in [0.1, 0.15) is 23.6 Å². The SMILES string of the molecule is Cc1cc(C)cc(OCC(=O)O[C@@H](C)C(=O)Nc2ccccc2C(F)(F)F)c1. The number of carbonyl (C=O) groups excluding carboxylic acids is 2. The Balaban J connectivity index is 1.93. The summed E-state index contributed by atoms with van der Waals surface area (Å²) in [4.78, 5) is 24.0. The molecule has 0 saturated carbocycles. The number of alkyl halides is 3. The predicted molar refractivity (Wildman–Crippen MR) is 97.0 cm³/mol. The van der Waals surface area contributed by atoms with Crippen LogP contribution in [0.25, 0.3) is 0 Å². The van der Waals surface area contributed by atoms with Crippen molar-refractivity contribution in [1.82, 2.24) is 0 Å². The van der Waals surface area contributed by atoms with Gasteiger partial charge in [0.15, 0.2) is 12.7 Å². The minimum Gasteiger partial charge on any atom is -0.482 e. The number of para-hydroxylation sites is 1. The third-order valence-corrected chi connectivity index (χ3v) is 3.72. The molecule has 0 heterocycles. The molecule has 2 aromatic carbocycles. The van der Waals surface area contributed by atoms with Gasteiger partial charge in [-0.1, -0.05) is 18.2 Å². The minimum absolute atomic E-state index is 0.408. The number of esters is 1. The van der Waals surface area contributed by atoms with Gasteiger partial charge >= 0.3 is 12.1 Å². The summed E-state index contributed by atoms with van der Waals surface area (Å²) in [6.45, 7) is 4.59. The van der Waals surface area contributed by atoms with Gasteiger partial charge in [0.25, 0.3) is 5.91 Å². The maximum absolute atomic E-state index is 13.0. The Bertz CT molecular complexity index is 845. The lowest BCUT2D eigenvalue weighted by atomic mass is 10.1. The van der Waals surface area contributed by atoms with E-state index in [1.807, 2.05) is 19.9 Å². The molecule has 8 heteroatoms. The molecule has 2 aromatic rings. The van der Waals surface area contributed by atoms with Crippen molar-refractivity contribution in [3.8, 4) is 5.75 Å². The van der Waals surface area contributed by atoms with Crippen LogP contribution in [0.4, 0.5) is 18.9 Å². The summed E-state index contributed by atoms with van der Waals surface area (Å²) >= 11 is 0. The lowest BCUT2D eigenvalue weighted by molar-refractivity contribution is -0.155. The Morgan fingerprint density at radius 2 is 1.68 bits per heavy atom. The standard InChI is InChI=1S/C20H20F3NO4/c1-12-8-13(2)10-15(9-12)27-11-18(25)28-14(3)19(26)24-17-7-5-4-6-16(17)20(21,22)23/h4-10,14H,11H2,1-3H3,(H,24,26)/t14-/m0/s1. The number of halogens is 3. The van der Waals surface area contributed by atoms with Gasteiger partial charge in [-0.2, -0.15) is 13.2 Å². The number of amides is 1. The first-order chi connectivity index (χ1) is 13.1. The van der Waals surface area contributed by atoms with Crippen LogP contribution in [0.15, 0.2) is 42.5 Å². The number of carbonyl (C=O) groups is 2. The summed E-state index contributed by atoms with van der Waals surface area (Å²) in [5.74, 6) is -1.21. The topological polar surface area (TPSA) is 64.6 Å². The number of benzene rings is 2. The minimum atomic E-state index is -4.62. The second-order valence-electron chi connectivity index (χ2n) is 6.28. The lowest BCUT2D eigenvalue weighted by Gasteiger charge is -2.17. The molecule has 0 unspecified atom stereocenters. The van der Waals surface area contributed by atoms with E-state index in [2.05, 4.69) is 5.32 Å². The van der Waals surface area contributed by atoms with Crippen LogP contribution in [0.2, 0.25) is 0 Å². The van der Waals surface area contributed by atoms with Crippen LogP contribution in [0.5, 0.6) is 5.75 Å². The first kappa shape index (κ1) is 21.3. The smallest absolute Gasteiger partial charge is 0.418 e. The zero-order valence-electron chi connectivity index (χ0n) is 15.6. The number of rotatable bonds is 6. The maximum atomic E-state index is 13.0. The highest BCUT2D eigenvalue weighted by molar-refractivity contribution is 5.95. The predicted octanol–water partition coefficient (Wildman–Crippen LogP) is 4.27. The quantitative estimate of drug-likeness (QED) is 0.742. The van der Waals surface area contributed by atoms with E-state index in [1.54, 1.807) is 12.1 Å². The summed E-state index contributed by atoms with van der Waals surface area (Å²) in [6.07, 6.45) is -5.92. The summed E-state index contributed by atoms with van der Waals surface area (Å²) in [7, 11) is 0. The van der Waals surface area contributed by atoms with E-state index in [9.17, 15) is 22.8 Å². The van der Waals surface area contributed by atoms with E-state index in [0.717, 1.165) is 23.3 Å². The molecule has 0 aliphatic heterocycles. The van der Waals surface area contributed by atoms with E-state index in [0.29, 0.717) is 5.75 Å². The van der Waals surface area contributed by atoms with Gasteiger partial charge in [-0.3, -0.25) is 4.79 Å². The lowest BCUT2D eigenvalue weighted by Crippen LogP contribution is -2.32. The van der Waals surface area contributed by atoms with Crippen molar-refractivity contribution in [1.29, 1.82) is 0 Å². The van der Waals surface area contributed by atoms with Gasteiger partial charge in [-0.15, -0.1) is 0 Å². The van der Waals surface area contributed by atoms with Gasteiger partial charge < -0.3 is 14.8 Å². The van der Waals surface area contributed by atoms with Crippen molar-refractivity contribution in [2.75, 3.05) is 11.9 Å². The molecule has 1 N–H and O–H groups in total. The van der Waals surface area contributed by atoms with Gasteiger partial charge in [0.2, 0.25) is 0 Å². The average Bonchev–Trinajstić information content (AvgIpc) is 2.58. The van der Waals surface area contributed by atoms with E-state index >= 15 is 0 Å². The van der Waals surface area contributed by atoms with Crippen LogP contribution < -0.4 is 10.1 Å². The molecule has 5 nitrogen and oxygen atoms in total. The van der Waals surface area contributed by atoms with Crippen molar-refractivity contribution >= 4 is 17.6 Å². The maximum Gasteiger partial charge on any atom is 0.418 e. The molecule has 0 spiro atoms. The van der Waals surface area contributed by atoms with Gasteiger partial charge in [0.1, 0.15) is 5.75 Å². The van der Waals surface area contributed by atoms with Crippen molar-refractivity contribution < 1.29 is 32.2 Å². The van der Waals surface area contributed by atoms with Gasteiger partial charge in [-0.25, -0.2) is 4.79 Å². The van der Waals surface area contributed by atoms with Crippen molar-refractivity contribution in [2.45, 2.75) is 33.1 Å². The van der Waals surface area contributed by atoms with E-state index in [1.165, 1.54) is 19.1 Å². The zero-order chi connectivity index (χ0) is 20.9. The highest BCUT2D eigenvalue weighted by Crippen LogP contribution is 2.34. The Morgan fingerprint density at radius 3 is 2.29 bits per heavy atom. The Kier molecular flexibility index (Phi) is 6.66. The number of ether oxygens (including phenoxy) is 2. The molecular weight excluding hydrogens is 375 g/mol. The molecule has 28 heavy (non-hydrogen) atoms.